The summed E-state index contributed by atoms with van der Waals surface area (Å²) in [4.78, 5) is 37.7. The van der Waals surface area contributed by atoms with E-state index in [-0.39, 0.29) is 19.0 Å². The van der Waals surface area contributed by atoms with Crippen molar-refractivity contribution in [2.75, 3.05) is 31.7 Å². The molecule has 1 atom stereocenters. The number of hydrogen-bond acceptors (Lipinski definition) is 8. The fourth-order valence-corrected chi connectivity index (χ4v) is 4.51. The van der Waals surface area contributed by atoms with Gasteiger partial charge in [0.15, 0.2) is 6.61 Å². The minimum Gasteiger partial charge on any atom is -0.493 e. The number of carbonyl (C=O) groups is 3. The molecule has 28 heavy (non-hydrogen) atoms. The van der Waals surface area contributed by atoms with E-state index in [9.17, 15) is 14.4 Å². The first-order valence-corrected chi connectivity index (χ1v) is 10.0. The van der Waals surface area contributed by atoms with Gasteiger partial charge in [0.25, 0.3) is 5.91 Å². The van der Waals surface area contributed by atoms with E-state index in [1.807, 2.05) is 0 Å². The molecule has 0 fully saturated rings. The Kier molecular flexibility index (Phi) is 6.56. The van der Waals surface area contributed by atoms with Crippen LogP contribution < -0.4 is 5.32 Å². The fourth-order valence-electron chi connectivity index (χ4n) is 3.10. The van der Waals surface area contributed by atoms with Crippen LogP contribution in [0.15, 0.2) is 12.0 Å². The largest absolute Gasteiger partial charge is 0.493 e. The summed E-state index contributed by atoms with van der Waals surface area (Å²) in [5.41, 5.74) is 1.37. The van der Waals surface area contributed by atoms with Crippen molar-refractivity contribution in [2.45, 2.75) is 33.1 Å². The highest BCUT2D eigenvalue weighted by Crippen LogP contribution is 2.40. The second-order valence-electron chi connectivity index (χ2n) is 6.60. The Morgan fingerprint density at radius 2 is 2.07 bits per heavy atom. The van der Waals surface area contributed by atoms with Crippen molar-refractivity contribution in [1.29, 1.82) is 0 Å². The summed E-state index contributed by atoms with van der Waals surface area (Å²) in [5.74, 6) is -1.31. The minimum absolute atomic E-state index is 0.0770. The van der Waals surface area contributed by atoms with Gasteiger partial charge in [0.05, 0.1) is 12.2 Å². The molecule has 0 saturated heterocycles. The molecule has 1 N–H and O–H groups in total. The third kappa shape index (κ3) is 4.64. The number of nitrogens with one attached hydrogen (secondary N) is 1. The Morgan fingerprint density at radius 1 is 1.25 bits per heavy atom. The van der Waals surface area contributed by atoms with Crippen LogP contribution in [0.1, 0.15) is 41.1 Å². The summed E-state index contributed by atoms with van der Waals surface area (Å²) in [7, 11) is 0. The van der Waals surface area contributed by atoms with E-state index in [1.165, 1.54) is 11.3 Å². The molecular formula is C19H23NO7S. The number of thiophene rings is 1. The van der Waals surface area contributed by atoms with Gasteiger partial charge in [0, 0.05) is 4.88 Å². The summed E-state index contributed by atoms with van der Waals surface area (Å²) in [6, 6.07) is 0. The Balaban J connectivity index is 1.68. The van der Waals surface area contributed by atoms with Crippen LogP contribution in [0.5, 0.6) is 0 Å². The van der Waals surface area contributed by atoms with Gasteiger partial charge < -0.3 is 24.3 Å². The molecule has 0 radical (unpaired) electrons. The molecule has 0 unspecified atom stereocenters. The molecule has 1 aromatic rings. The monoisotopic (exact) mass is 409 g/mol. The van der Waals surface area contributed by atoms with Gasteiger partial charge in [-0.1, -0.05) is 6.92 Å². The molecule has 1 aliphatic heterocycles. The molecule has 152 valence electrons. The standard InChI is InChI=1S/C19H23NO7S/c1-3-25-19(23)16-12-5-4-11(2)8-14(12)28-17(16)20-15(21)10-27-18(22)13-9-24-6-7-26-13/h9,11H,3-8,10H2,1-2H3,(H,20,21)/t11-/m1/s1. The van der Waals surface area contributed by atoms with Gasteiger partial charge in [-0.15, -0.1) is 11.3 Å². The quantitative estimate of drug-likeness (QED) is 0.720. The third-order valence-electron chi connectivity index (χ3n) is 4.43. The van der Waals surface area contributed by atoms with Gasteiger partial charge in [0.2, 0.25) is 5.76 Å². The maximum atomic E-state index is 12.4. The molecule has 8 nitrogen and oxygen atoms in total. The number of anilines is 1. The average Bonchev–Trinajstić information content (AvgIpc) is 3.03. The van der Waals surface area contributed by atoms with E-state index in [2.05, 4.69) is 12.2 Å². The van der Waals surface area contributed by atoms with Gasteiger partial charge in [0.1, 0.15) is 24.5 Å². The maximum Gasteiger partial charge on any atom is 0.377 e. The molecule has 0 aromatic carbocycles. The summed E-state index contributed by atoms with van der Waals surface area (Å²) < 4.78 is 20.2. The third-order valence-corrected chi connectivity index (χ3v) is 5.60. The first-order chi connectivity index (χ1) is 13.5. The van der Waals surface area contributed by atoms with Gasteiger partial charge in [-0.3, -0.25) is 4.79 Å². The summed E-state index contributed by atoms with van der Waals surface area (Å²) in [5, 5.41) is 3.13. The van der Waals surface area contributed by atoms with Crippen molar-refractivity contribution in [1.82, 2.24) is 0 Å². The van der Waals surface area contributed by atoms with Gasteiger partial charge >= 0.3 is 11.9 Å². The Labute approximate surface area is 166 Å². The van der Waals surface area contributed by atoms with E-state index in [4.69, 9.17) is 18.9 Å². The van der Waals surface area contributed by atoms with Crippen LogP contribution in [0.25, 0.3) is 0 Å². The predicted octanol–water partition coefficient (Wildman–Crippen LogP) is 2.42. The van der Waals surface area contributed by atoms with E-state index in [0.717, 1.165) is 36.0 Å². The van der Waals surface area contributed by atoms with Crippen molar-refractivity contribution in [3.63, 3.8) is 0 Å². The van der Waals surface area contributed by atoms with Crippen LogP contribution in [0.3, 0.4) is 0 Å². The second kappa shape index (κ2) is 9.09. The maximum absolute atomic E-state index is 12.4. The smallest absolute Gasteiger partial charge is 0.377 e. The first kappa shape index (κ1) is 20.2. The van der Waals surface area contributed by atoms with E-state index in [1.54, 1.807) is 6.92 Å². The lowest BCUT2D eigenvalue weighted by molar-refractivity contribution is -0.148. The van der Waals surface area contributed by atoms with Gasteiger partial charge in [-0.2, -0.15) is 0 Å². The number of fused-ring (bicyclic) bond motifs is 1. The van der Waals surface area contributed by atoms with Crippen LogP contribution in [-0.4, -0.2) is 44.3 Å². The van der Waals surface area contributed by atoms with Crippen molar-refractivity contribution >= 4 is 34.2 Å². The van der Waals surface area contributed by atoms with Crippen molar-refractivity contribution < 1.29 is 33.3 Å². The van der Waals surface area contributed by atoms with Gasteiger partial charge in [-0.25, -0.2) is 9.59 Å². The fraction of sp³-hybridized carbons (Fsp3) is 0.526. The molecule has 2 heterocycles. The van der Waals surface area contributed by atoms with Gasteiger partial charge in [-0.05, 0) is 37.7 Å². The molecule has 9 heteroatoms. The van der Waals surface area contributed by atoms with Crippen molar-refractivity contribution in [3.8, 4) is 0 Å². The van der Waals surface area contributed by atoms with Crippen LogP contribution in [0.4, 0.5) is 5.00 Å². The first-order valence-electron chi connectivity index (χ1n) is 9.22. The molecular weight excluding hydrogens is 386 g/mol. The zero-order valence-electron chi connectivity index (χ0n) is 15.9. The Hall–Kier alpha value is -2.55. The molecule has 0 saturated carbocycles. The molecule has 1 amide bonds. The molecule has 0 bridgehead atoms. The highest BCUT2D eigenvalue weighted by Gasteiger charge is 2.29. The number of rotatable bonds is 6. The number of hydrogen-bond donors (Lipinski definition) is 1. The Morgan fingerprint density at radius 3 is 2.79 bits per heavy atom. The van der Waals surface area contributed by atoms with Crippen LogP contribution >= 0.6 is 11.3 Å². The molecule has 3 rings (SSSR count). The van der Waals surface area contributed by atoms with E-state index >= 15 is 0 Å². The average molecular weight is 409 g/mol. The number of ether oxygens (including phenoxy) is 4. The van der Waals surface area contributed by atoms with Crippen LogP contribution in [0.2, 0.25) is 0 Å². The van der Waals surface area contributed by atoms with Crippen LogP contribution in [-0.2, 0) is 41.4 Å². The second-order valence-corrected chi connectivity index (χ2v) is 7.71. The molecule has 1 aliphatic carbocycles. The number of esters is 2. The predicted molar refractivity (Wildman–Crippen MR) is 101 cm³/mol. The van der Waals surface area contributed by atoms with Crippen molar-refractivity contribution in [2.24, 2.45) is 5.92 Å². The lowest BCUT2D eigenvalue weighted by atomic mass is 9.88. The number of carbonyl (C=O) groups excluding carboxylic acids is 3. The highest BCUT2D eigenvalue weighted by atomic mass is 32.1. The minimum atomic E-state index is -0.778. The Bertz CT molecular complexity index is 798. The van der Waals surface area contributed by atoms with E-state index < -0.39 is 24.5 Å². The zero-order valence-corrected chi connectivity index (χ0v) is 16.7. The molecule has 0 spiro atoms. The topological polar surface area (TPSA) is 100 Å². The normalized spacial score (nSPS) is 18.1. The van der Waals surface area contributed by atoms with Crippen molar-refractivity contribution in [3.05, 3.63) is 28.0 Å². The zero-order chi connectivity index (χ0) is 20.1. The molecule has 2 aliphatic rings. The lowest BCUT2D eigenvalue weighted by Gasteiger charge is -2.18. The molecule has 1 aromatic heterocycles. The van der Waals surface area contributed by atoms with Crippen LogP contribution in [0, 0.1) is 5.92 Å². The number of amides is 1. The highest BCUT2D eigenvalue weighted by molar-refractivity contribution is 7.17. The SMILES string of the molecule is CCOC(=O)c1c(NC(=O)COC(=O)C2=COCCO2)sc2c1CC[C@@H](C)C2. The van der Waals surface area contributed by atoms with E-state index in [0.29, 0.717) is 23.1 Å². The lowest BCUT2D eigenvalue weighted by Crippen LogP contribution is -2.24. The summed E-state index contributed by atoms with van der Waals surface area (Å²) in [6.45, 7) is 4.26. The summed E-state index contributed by atoms with van der Waals surface area (Å²) in [6.07, 6.45) is 3.79. The summed E-state index contributed by atoms with van der Waals surface area (Å²) >= 11 is 1.38.